The lowest BCUT2D eigenvalue weighted by molar-refractivity contribution is -0.385. The maximum absolute atomic E-state index is 12.7. The zero-order chi connectivity index (χ0) is 18.8. The lowest BCUT2D eigenvalue weighted by Gasteiger charge is -2.30. The highest BCUT2D eigenvalue weighted by atomic mass is 32.1. The van der Waals surface area contributed by atoms with Crippen molar-refractivity contribution in [1.82, 2.24) is 0 Å². The fraction of sp³-hybridized carbons (Fsp3) is 0.150. The van der Waals surface area contributed by atoms with Crippen LogP contribution in [0.4, 0.5) is 17.1 Å². The van der Waals surface area contributed by atoms with Gasteiger partial charge in [0.2, 0.25) is 0 Å². The first-order valence-corrected chi connectivity index (χ1v) is 9.45. The normalized spacial score (nSPS) is 13.1. The molecule has 0 unspecified atom stereocenters. The Labute approximate surface area is 160 Å². The summed E-state index contributed by atoms with van der Waals surface area (Å²) in [5.74, 6) is -0.483. The summed E-state index contributed by atoms with van der Waals surface area (Å²) >= 11 is 1.78. The summed E-state index contributed by atoms with van der Waals surface area (Å²) in [7, 11) is 0. The molecular weight excluding hydrogens is 362 g/mol. The van der Waals surface area contributed by atoms with E-state index in [1.54, 1.807) is 23.5 Å². The van der Waals surface area contributed by atoms with Crippen LogP contribution >= 0.6 is 11.3 Å². The Balaban J connectivity index is 1.61. The van der Waals surface area contributed by atoms with Crippen molar-refractivity contribution in [3.8, 4) is 0 Å². The summed E-state index contributed by atoms with van der Waals surface area (Å²) in [6.45, 7) is 1.66. The van der Waals surface area contributed by atoms with Gasteiger partial charge in [0.05, 0.1) is 16.3 Å². The quantitative estimate of drug-likeness (QED) is 0.536. The number of nitrogens with one attached hydrogen (secondary N) is 1. The van der Waals surface area contributed by atoms with Crippen molar-refractivity contribution in [2.24, 2.45) is 0 Å². The highest BCUT2D eigenvalue weighted by Gasteiger charge is 2.23. The Morgan fingerprint density at radius 1 is 1.11 bits per heavy atom. The van der Waals surface area contributed by atoms with E-state index in [4.69, 9.17) is 0 Å². The minimum atomic E-state index is -0.538. The summed E-state index contributed by atoms with van der Waals surface area (Å²) in [6.07, 6.45) is 0.972. The second-order valence-corrected chi connectivity index (χ2v) is 7.29. The SMILES string of the molecule is O=C(Nc1ccccc1N1CCc2sccc2C1)c1ccccc1[N+](=O)[O-]. The predicted octanol–water partition coefficient (Wildman–Crippen LogP) is 4.47. The average molecular weight is 379 g/mol. The van der Waals surface area contributed by atoms with E-state index in [1.807, 2.05) is 24.3 Å². The first-order valence-electron chi connectivity index (χ1n) is 8.57. The molecule has 1 aliphatic heterocycles. The molecule has 0 saturated heterocycles. The lowest BCUT2D eigenvalue weighted by Crippen LogP contribution is -2.30. The fourth-order valence-electron chi connectivity index (χ4n) is 3.32. The smallest absolute Gasteiger partial charge is 0.282 e. The molecule has 4 rings (SSSR count). The second-order valence-electron chi connectivity index (χ2n) is 6.29. The number of anilines is 2. The summed E-state index contributed by atoms with van der Waals surface area (Å²) in [5, 5.41) is 16.2. The van der Waals surface area contributed by atoms with Gasteiger partial charge in [0.1, 0.15) is 5.56 Å². The van der Waals surface area contributed by atoms with Gasteiger partial charge < -0.3 is 10.2 Å². The molecule has 2 aromatic carbocycles. The zero-order valence-corrected chi connectivity index (χ0v) is 15.2. The van der Waals surface area contributed by atoms with E-state index in [-0.39, 0.29) is 11.3 Å². The van der Waals surface area contributed by atoms with Crippen LogP contribution in [0.15, 0.2) is 60.0 Å². The molecular formula is C20H17N3O3S. The van der Waals surface area contributed by atoms with Gasteiger partial charge in [-0.15, -0.1) is 11.3 Å². The van der Waals surface area contributed by atoms with Crippen molar-refractivity contribution >= 4 is 34.3 Å². The molecule has 7 heteroatoms. The molecule has 0 bridgehead atoms. The number of carbonyl (C=O) groups excluding carboxylic acids is 1. The summed E-state index contributed by atoms with van der Waals surface area (Å²) in [5.41, 5.74) is 2.73. The van der Waals surface area contributed by atoms with Crippen LogP contribution in [-0.2, 0) is 13.0 Å². The third-order valence-corrected chi connectivity index (χ3v) is 5.67. The number of fused-ring (bicyclic) bond motifs is 1. The van der Waals surface area contributed by atoms with Crippen LogP contribution in [0.25, 0.3) is 0 Å². The van der Waals surface area contributed by atoms with Gasteiger partial charge in [-0.25, -0.2) is 0 Å². The Morgan fingerprint density at radius 2 is 1.89 bits per heavy atom. The van der Waals surface area contributed by atoms with Crippen molar-refractivity contribution in [2.45, 2.75) is 13.0 Å². The monoisotopic (exact) mass is 379 g/mol. The first kappa shape index (κ1) is 17.2. The van der Waals surface area contributed by atoms with E-state index in [9.17, 15) is 14.9 Å². The van der Waals surface area contributed by atoms with Crippen LogP contribution < -0.4 is 10.2 Å². The second kappa shape index (κ2) is 7.20. The minimum Gasteiger partial charge on any atom is -0.365 e. The van der Waals surface area contributed by atoms with E-state index < -0.39 is 10.8 Å². The molecule has 1 amide bonds. The number of para-hydroxylation sites is 3. The molecule has 3 aromatic rings. The topological polar surface area (TPSA) is 75.5 Å². The number of amides is 1. The Morgan fingerprint density at radius 3 is 2.74 bits per heavy atom. The van der Waals surface area contributed by atoms with Crippen molar-refractivity contribution < 1.29 is 9.72 Å². The van der Waals surface area contributed by atoms with Crippen molar-refractivity contribution in [2.75, 3.05) is 16.8 Å². The molecule has 1 aliphatic rings. The van der Waals surface area contributed by atoms with Crippen molar-refractivity contribution in [3.63, 3.8) is 0 Å². The fourth-order valence-corrected chi connectivity index (χ4v) is 4.21. The molecule has 1 N–H and O–H groups in total. The van der Waals surface area contributed by atoms with Crippen molar-refractivity contribution in [3.05, 3.63) is 86.1 Å². The van der Waals surface area contributed by atoms with Gasteiger partial charge in [-0.3, -0.25) is 14.9 Å². The zero-order valence-electron chi connectivity index (χ0n) is 14.4. The minimum absolute atomic E-state index is 0.0519. The molecule has 136 valence electrons. The number of rotatable bonds is 4. The molecule has 0 atom stereocenters. The summed E-state index contributed by atoms with van der Waals surface area (Å²) < 4.78 is 0. The van der Waals surface area contributed by atoms with Crippen LogP contribution in [0.2, 0.25) is 0 Å². The van der Waals surface area contributed by atoms with E-state index >= 15 is 0 Å². The number of benzene rings is 2. The predicted molar refractivity (Wildman–Crippen MR) is 107 cm³/mol. The van der Waals surface area contributed by atoms with Crippen LogP contribution in [-0.4, -0.2) is 17.4 Å². The molecule has 0 saturated carbocycles. The Kier molecular flexibility index (Phi) is 4.60. The van der Waals surface area contributed by atoms with Crippen molar-refractivity contribution in [1.29, 1.82) is 0 Å². The Bertz CT molecular complexity index is 1010. The number of thiophene rings is 1. The summed E-state index contributed by atoms with van der Waals surface area (Å²) in [6, 6.07) is 15.7. The molecule has 0 fully saturated rings. The van der Waals surface area contributed by atoms with E-state index in [0.29, 0.717) is 5.69 Å². The van der Waals surface area contributed by atoms with Crippen LogP contribution in [0, 0.1) is 10.1 Å². The highest BCUT2D eigenvalue weighted by Crippen LogP contribution is 2.32. The maximum atomic E-state index is 12.7. The standard InChI is InChI=1S/C20H17N3O3S/c24-20(15-5-1-3-7-17(15)23(25)26)21-16-6-2-4-8-18(16)22-11-9-19-14(13-22)10-12-27-19/h1-8,10,12H,9,11,13H2,(H,21,24). The third-order valence-electron chi connectivity index (χ3n) is 4.65. The van der Waals surface area contributed by atoms with Gasteiger partial charge >= 0.3 is 0 Å². The van der Waals surface area contributed by atoms with Crippen LogP contribution in [0.3, 0.4) is 0 Å². The van der Waals surface area contributed by atoms with Crippen LogP contribution in [0.5, 0.6) is 0 Å². The number of hydrogen-bond donors (Lipinski definition) is 1. The molecule has 1 aromatic heterocycles. The maximum Gasteiger partial charge on any atom is 0.282 e. The number of nitrogens with zero attached hydrogens (tertiary/aromatic N) is 2. The lowest BCUT2D eigenvalue weighted by atomic mass is 10.1. The van der Waals surface area contributed by atoms with Gasteiger partial charge in [-0.05, 0) is 41.6 Å². The van der Waals surface area contributed by atoms with Gasteiger partial charge in [0.25, 0.3) is 11.6 Å². The number of hydrogen-bond acceptors (Lipinski definition) is 5. The third kappa shape index (κ3) is 3.41. The average Bonchev–Trinajstić information content (AvgIpc) is 3.16. The van der Waals surface area contributed by atoms with E-state index in [1.165, 1.54) is 22.6 Å². The van der Waals surface area contributed by atoms with E-state index in [0.717, 1.165) is 25.2 Å². The highest BCUT2D eigenvalue weighted by molar-refractivity contribution is 7.10. The largest absolute Gasteiger partial charge is 0.365 e. The number of nitro benzene ring substituents is 1. The molecule has 0 spiro atoms. The van der Waals surface area contributed by atoms with Gasteiger partial charge in [0, 0.05) is 24.0 Å². The summed E-state index contributed by atoms with van der Waals surface area (Å²) in [4.78, 5) is 27.0. The van der Waals surface area contributed by atoms with Crippen LogP contribution in [0.1, 0.15) is 20.8 Å². The van der Waals surface area contributed by atoms with Gasteiger partial charge in [-0.1, -0.05) is 24.3 Å². The molecule has 0 radical (unpaired) electrons. The Hall–Kier alpha value is -3.19. The van der Waals surface area contributed by atoms with Gasteiger partial charge in [-0.2, -0.15) is 0 Å². The van der Waals surface area contributed by atoms with E-state index in [2.05, 4.69) is 21.7 Å². The number of nitro groups is 1. The number of carbonyl (C=O) groups is 1. The molecule has 27 heavy (non-hydrogen) atoms. The van der Waals surface area contributed by atoms with Gasteiger partial charge in [0.15, 0.2) is 0 Å². The molecule has 6 nitrogen and oxygen atoms in total. The first-order chi connectivity index (χ1) is 13.1. The molecule has 0 aliphatic carbocycles. The molecule has 2 heterocycles.